The lowest BCUT2D eigenvalue weighted by atomic mass is 9.86. The summed E-state index contributed by atoms with van der Waals surface area (Å²) in [5.74, 6) is 1.64. The number of ether oxygens (including phenoxy) is 2. The minimum Gasteiger partial charge on any atom is -0.495 e. The van der Waals surface area contributed by atoms with Crippen LogP contribution in [0.1, 0.15) is 0 Å². The van der Waals surface area contributed by atoms with Crippen molar-refractivity contribution in [2.75, 3.05) is 14.2 Å². The van der Waals surface area contributed by atoms with E-state index in [1.807, 2.05) is 12.1 Å². The standard InChI is InChI=1S/C34H24Br2O2/c1-37-33-29(21-9-5-3-6-10-21)19-23-17-25(35)13-15-27(23)31(33)32-28-16-14-26(36)18-24(28)20-30(34(32)38-2)22-11-7-4-8-12-22/h3-20H,1-2H3. The second-order valence-electron chi connectivity index (χ2n) is 9.13. The molecule has 4 heteroatoms. The maximum Gasteiger partial charge on any atom is 0.135 e. The highest BCUT2D eigenvalue weighted by Crippen LogP contribution is 2.52. The predicted octanol–water partition coefficient (Wildman–Crippen LogP) is 10.5. The van der Waals surface area contributed by atoms with Gasteiger partial charge in [0.25, 0.3) is 0 Å². The molecule has 0 aromatic heterocycles. The van der Waals surface area contributed by atoms with Crippen molar-refractivity contribution in [1.82, 2.24) is 0 Å². The zero-order chi connectivity index (χ0) is 26.2. The Labute approximate surface area is 239 Å². The van der Waals surface area contributed by atoms with Crippen molar-refractivity contribution in [3.63, 3.8) is 0 Å². The van der Waals surface area contributed by atoms with E-state index in [1.54, 1.807) is 14.2 Å². The molecule has 2 nitrogen and oxygen atoms in total. The molecule has 6 aromatic carbocycles. The molecule has 6 rings (SSSR count). The Kier molecular flexibility index (Phi) is 6.69. The minimum atomic E-state index is 0.818. The molecular formula is C34H24Br2O2. The van der Waals surface area contributed by atoms with Gasteiger partial charge in [0.15, 0.2) is 0 Å². The van der Waals surface area contributed by atoms with Crippen LogP contribution in [0.15, 0.2) is 118 Å². The Hall–Kier alpha value is -3.60. The molecule has 0 spiro atoms. The first-order valence-corrected chi connectivity index (χ1v) is 13.9. The summed E-state index contributed by atoms with van der Waals surface area (Å²) in [5, 5.41) is 4.42. The maximum atomic E-state index is 6.26. The molecular weight excluding hydrogens is 600 g/mol. The van der Waals surface area contributed by atoms with Crippen molar-refractivity contribution in [3.8, 4) is 44.9 Å². The van der Waals surface area contributed by atoms with Gasteiger partial charge in [0, 0.05) is 31.2 Å². The Balaban J connectivity index is 1.84. The second kappa shape index (κ2) is 10.3. The lowest BCUT2D eigenvalue weighted by Gasteiger charge is -2.23. The van der Waals surface area contributed by atoms with Crippen LogP contribution in [0.25, 0.3) is 54.9 Å². The van der Waals surface area contributed by atoms with Crippen LogP contribution in [0.3, 0.4) is 0 Å². The summed E-state index contributed by atoms with van der Waals surface area (Å²) in [6.45, 7) is 0. The van der Waals surface area contributed by atoms with E-state index in [-0.39, 0.29) is 0 Å². The summed E-state index contributed by atoms with van der Waals surface area (Å²) in [7, 11) is 3.50. The van der Waals surface area contributed by atoms with Gasteiger partial charge in [-0.15, -0.1) is 0 Å². The number of methoxy groups -OCH3 is 2. The summed E-state index contributed by atoms with van der Waals surface area (Å²) in [6.07, 6.45) is 0. The van der Waals surface area contributed by atoms with Crippen LogP contribution in [0.5, 0.6) is 11.5 Å². The van der Waals surface area contributed by atoms with Gasteiger partial charge in [-0.3, -0.25) is 0 Å². The monoisotopic (exact) mass is 622 g/mol. The molecule has 0 fully saturated rings. The first-order valence-electron chi connectivity index (χ1n) is 12.3. The zero-order valence-corrected chi connectivity index (χ0v) is 24.1. The molecule has 6 aromatic rings. The summed E-state index contributed by atoms with van der Waals surface area (Å²) >= 11 is 7.37. The summed E-state index contributed by atoms with van der Waals surface area (Å²) in [4.78, 5) is 0. The van der Waals surface area contributed by atoms with Crippen LogP contribution in [-0.2, 0) is 0 Å². The molecule has 0 heterocycles. The Morgan fingerprint density at radius 2 is 0.868 bits per heavy atom. The molecule has 0 aliphatic heterocycles. The van der Waals surface area contributed by atoms with Gasteiger partial charge in [0.2, 0.25) is 0 Å². The molecule has 0 aliphatic carbocycles. The van der Waals surface area contributed by atoms with Gasteiger partial charge < -0.3 is 9.47 Å². The third-order valence-electron chi connectivity index (χ3n) is 6.94. The molecule has 0 unspecified atom stereocenters. The molecule has 0 radical (unpaired) electrons. The van der Waals surface area contributed by atoms with Crippen LogP contribution >= 0.6 is 31.9 Å². The number of hydrogen-bond acceptors (Lipinski definition) is 2. The molecule has 0 aliphatic rings. The van der Waals surface area contributed by atoms with Gasteiger partial charge in [-0.1, -0.05) is 105 Å². The molecule has 0 saturated carbocycles. The molecule has 0 N–H and O–H groups in total. The first-order chi connectivity index (χ1) is 18.6. The van der Waals surface area contributed by atoms with E-state index in [9.17, 15) is 0 Å². The maximum absolute atomic E-state index is 6.26. The number of benzene rings is 6. The van der Waals surface area contributed by atoms with Gasteiger partial charge >= 0.3 is 0 Å². The smallest absolute Gasteiger partial charge is 0.135 e. The fraction of sp³-hybridized carbons (Fsp3) is 0.0588. The van der Waals surface area contributed by atoms with Crippen LogP contribution < -0.4 is 9.47 Å². The van der Waals surface area contributed by atoms with Gasteiger partial charge in [0.05, 0.1) is 14.2 Å². The molecule has 0 atom stereocenters. The van der Waals surface area contributed by atoms with Crippen molar-refractivity contribution in [1.29, 1.82) is 0 Å². The first kappa shape index (κ1) is 24.7. The highest BCUT2D eigenvalue weighted by atomic mass is 79.9. The average molecular weight is 624 g/mol. The molecule has 186 valence electrons. The summed E-state index contributed by atoms with van der Waals surface area (Å²) in [5.41, 5.74) is 6.28. The topological polar surface area (TPSA) is 18.5 Å². The largest absolute Gasteiger partial charge is 0.495 e. The van der Waals surface area contributed by atoms with Crippen molar-refractivity contribution in [2.45, 2.75) is 0 Å². The van der Waals surface area contributed by atoms with Crippen molar-refractivity contribution in [3.05, 3.63) is 118 Å². The minimum absolute atomic E-state index is 0.818. The van der Waals surface area contributed by atoms with E-state index in [2.05, 4.69) is 129 Å². The van der Waals surface area contributed by atoms with Gasteiger partial charge in [-0.25, -0.2) is 0 Å². The number of hydrogen-bond donors (Lipinski definition) is 0. The van der Waals surface area contributed by atoms with E-state index in [1.165, 1.54) is 0 Å². The molecule has 0 bridgehead atoms. The quantitative estimate of drug-likeness (QED) is 0.190. The Morgan fingerprint density at radius 1 is 0.474 bits per heavy atom. The normalized spacial score (nSPS) is 11.2. The highest BCUT2D eigenvalue weighted by molar-refractivity contribution is 9.10. The van der Waals surface area contributed by atoms with Crippen molar-refractivity contribution in [2.24, 2.45) is 0 Å². The highest BCUT2D eigenvalue weighted by Gasteiger charge is 2.25. The van der Waals surface area contributed by atoms with E-state index in [0.717, 1.165) is 75.4 Å². The average Bonchev–Trinajstić information content (AvgIpc) is 2.95. The third kappa shape index (κ3) is 4.28. The third-order valence-corrected chi connectivity index (χ3v) is 7.92. The Morgan fingerprint density at radius 3 is 1.24 bits per heavy atom. The lowest BCUT2D eigenvalue weighted by molar-refractivity contribution is 0.413. The van der Waals surface area contributed by atoms with Gasteiger partial charge in [-0.2, -0.15) is 0 Å². The van der Waals surface area contributed by atoms with Gasteiger partial charge in [0.1, 0.15) is 11.5 Å². The van der Waals surface area contributed by atoms with Gasteiger partial charge in [-0.05, 0) is 69.1 Å². The molecule has 38 heavy (non-hydrogen) atoms. The van der Waals surface area contributed by atoms with Crippen LogP contribution in [0, 0.1) is 0 Å². The van der Waals surface area contributed by atoms with Crippen LogP contribution in [0.4, 0.5) is 0 Å². The molecule has 0 amide bonds. The Bertz CT molecular complexity index is 1660. The fourth-order valence-corrected chi connectivity index (χ4v) is 6.06. The fourth-order valence-electron chi connectivity index (χ4n) is 5.30. The van der Waals surface area contributed by atoms with Crippen LogP contribution in [-0.4, -0.2) is 14.2 Å². The van der Waals surface area contributed by atoms with E-state index in [0.29, 0.717) is 0 Å². The SMILES string of the molecule is COc1c(-c2ccccc2)cc2cc(Br)ccc2c1-c1c(OC)c(-c2ccccc2)cc2cc(Br)ccc12. The predicted molar refractivity (Wildman–Crippen MR) is 166 cm³/mol. The number of halogens is 2. The van der Waals surface area contributed by atoms with E-state index >= 15 is 0 Å². The van der Waals surface area contributed by atoms with E-state index in [4.69, 9.17) is 9.47 Å². The van der Waals surface area contributed by atoms with Crippen molar-refractivity contribution >= 4 is 53.4 Å². The van der Waals surface area contributed by atoms with E-state index < -0.39 is 0 Å². The second-order valence-corrected chi connectivity index (χ2v) is 11.0. The summed E-state index contributed by atoms with van der Waals surface area (Å²) in [6, 6.07) is 38.0. The lowest BCUT2D eigenvalue weighted by Crippen LogP contribution is -1.99. The van der Waals surface area contributed by atoms with Crippen molar-refractivity contribution < 1.29 is 9.47 Å². The molecule has 0 saturated heterocycles. The number of rotatable bonds is 5. The number of fused-ring (bicyclic) bond motifs is 2. The zero-order valence-electron chi connectivity index (χ0n) is 21.0. The van der Waals surface area contributed by atoms with Crippen LogP contribution in [0.2, 0.25) is 0 Å². The summed E-state index contributed by atoms with van der Waals surface area (Å²) < 4.78 is 14.6.